The van der Waals surface area contributed by atoms with Crippen molar-refractivity contribution in [2.75, 3.05) is 27.4 Å². The highest BCUT2D eigenvalue weighted by Gasteiger charge is 2.37. The fourth-order valence-corrected chi connectivity index (χ4v) is 1.66. The Morgan fingerprint density at radius 3 is 2.69 bits per heavy atom. The molecule has 1 aliphatic heterocycles. The molecule has 2 unspecified atom stereocenters. The summed E-state index contributed by atoms with van der Waals surface area (Å²) >= 11 is 0. The largest absolute Gasteiger partial charge is 0.468 e. The SMILES string of the molecule is COCC(C)N1CCC1C(=O)OC. The first-order chi connectivity index (χ1) is 6.20. The van der Waals surface area contributed by atoms with Crippen molar-refractivity contribution in [3.05, 3.63) is 0 Å². The van der Waals surface area contributed by atoms with Crippen molar-refractivity contribution < 1.29 is 14.3 Å². The third-order valence-corrected chi connectivity index (χ3v) is 2.51. The molecule has 0 aromatic heterocycles. The predicted molar refractivity (Wildman–Crippen MR) is 48.5 cm³/mol. The fraction of sp³-hybridized carbons (Fsp3) is 0.889. The molecule has 1 fully saturated rings. The normalized spacial score (nSPS) is 25.0. The van der Waals surface area contributed by atoms with E-state index in [4.69, 9.17) is 9.47 Å². The summed E-state index contributed by atoms with van der Waals surface area (Å²) in [5.74, 6) is -0.130. The van der Waals surface area contributed by atoms with Gasteiger partial charge in [0.05, 0.1) is 13.7 Å². The molecule has 1 saturated heterocycles. The van der Waals surface area contributed by atoms with Crippen molar-refractivity contribution in [2.24, 2.45) is 0 Å². The number of hydrogen-bond donors (Lipinski definition) is 0. The van der Waals surface area contributed by atoms with Crippen LogP contribution in [0.25, 0.3) is 0 Å². The molecular formula is C9H17NO3. The van der Waals surface area contributed by atoms with Crippen molar-refractivity contribution in [3.8, 4) is 0 Å². The maximum absolute atomic E-state index is 11.2. The van der Waals surface area contributed by atoms with Crippen molar-refractivity contribution in [3.63, 3.8) is 0 Å². The number of hydrogen-bond acceptors (Lipinski definition) is 4. The Bertz CT molecular complexity index is 184. The smallest absolute Gasteiger partial charge is 0.323 e. The maximum atomic E-state index is 11.2. The van der Waals surface area contributed by atoms with E-state index in [-0.39, 0.29) is 12.0 Å². The van der Waals surface area contributed by atoms with Crippen LogP contribution in [-0.2, 0) is 14.3 Å². The predicted octanol–water partition coefficient (Wildman–Crippen LogP) is 0.269. The summed E-state index contributed by atoms with van der Waals surface area (Å²) in [6.45, 7) is 3.68. The van der Waals surface area contributed by atoms with Crippen molar-refractivity contribution >= 4 is 5.97 Å². The Morgan fingerprint density at radius 1 is 1.62 bits per heavy atom. The van der Waals surface area contributed by atoms with Crippen LogP contribution in [0.5, 0.6) is 0 Å². The number of likely N-dealkylation sites (tertiary alicyclic amines) is 1. The van der Waals surface area contributed by atoms with E-state index in [1.54, 1.807) is 7.11 Å². The zero-order chi connectivity index (χ0) is 9.84. The molecule has 1 heterocycles. The lowest BCUT2D eigenvalue weighted by Gasteiger charge is -2.42. The second kappa shape index (κ2) is 4.58. The molecule has 0 aromatic carbocycles. The minimum absolute atomic E-state index is 0.0462. The first kappa shape index (κ1) is 10.5. The quantitative estimate of drug-likeness (QED) is 0.592. The van der Waals surface area contributed by atoms with Gasteiger partial charge in [0.25, 0.3) is 0 Å². The van der Waals surface area contributed by atoms with Gasteiger partial charge in [-0.2, -0.15) is 0 Å². The minimum Gasteiger partial charge on any atom is -0.468 e. The lowest BCUT2D eigenvalue weighted by atomic mass is 10.0. The molecule has 0 amide bonds. The molecule has 0 saturated carbocycles. The molecule has 2 atom stereocenters. The molecule has 0 aliphatic carbocycles. The Labute approximate surface area is 78.8 Å². The van der Waals surface area contributed by atoms with Crippen LogP contribution in [-0.4, -0.2) is 50.3 Å². The van der Waals surface area contributed by atoms with Gasteiger partial charge in [0.1, 0.15) is 6.04 Å². The van der Waals surface area contributed by atoms with E-state index in [9.17, 15) is 4.79 Å². The van der Waals surface area contributed by atoms with E-state index < -0.39 is 0 Å². The van der Waals surface area contributed by atoms with E-state index in [1.165, 1.54) is 7.11 Å². The van der Waals surface area contributed by atoms with Crippen LogP contribution in [0.15, 0.2) is 0 Å². The Balaban J connectivity index is 2.39. The molecule has 1 aliphatic rings. The third kappa shape index (κ3) is 2.19. The Morgan fingerprint density at radius 2 is 2.31 bits per heavy atom. The van der Waals surface area contributed by atoms with Crippen LogP contribution in [0.4, 0.5) is 0 Å². The molecule has 13 heavy (non-hydrogen) atoms. The number of carbonyl (C=O) groups is 1. The second-order valence-electron chi connectivity index (χ2n) is 3.37. The third-order valence-electron chi connectivity index (χ3n) is 2.51. The number of esters is 1. The molecule has 4 nitrogen and oxygen atoms in total. The average Bonchev–Trinajstić information content (AvgIpc) is 2.02. The number of methoxy groups -OCH3 is 2. The summed E-state index contributed by atoms with van der Waals surface area (Å²) in [6.07, 6.45) is 0.903. The number of rotatable bonds is 4. The van der Waals surface area contributed by atoms with Gasteiger partial charge < -0.3 is 9.47 Å². The molecule has 4 heteroatoms. The summed E-state index contributed by atoms with van der Waals surface area (Å²) < 4.78 is 9.72. The van der Waals surface area contributed by atoms with Crippen LogP contribution in [0, 0.1) is 0 Å². The van der Waals surface area contributed by atoms with Gasteiger partial charge in [-0.05, 0) is 13.3 Å². The highest BCUT2D eigenvalue weighted by molar-refractivity contribution is 5.76. The number of carbonyl (C=O) groups excluding carboxylic acids is 1. The lowest BCUT2D eigenvalue weighted by Crippen LogP contribution is -2.57. The first-order valence-corrected chi connectivity index (χ1v) is 4.53. The van der Waals surface area contributed by atoms with Gasteiger partial charge in [0.2, 0.25) is 0 Å². The van der Waals surface area contributed by atoms with Crippen molar-refractivity contribution in [2.45, 2.75) is 25.4 Å². The van der Waals surface area contributed by atoms with Crippen molar-refractivity contribution in [1.29, 1.82) is 0 Å². The standard InChI is InChI=1S/C9H17NO3/c1-7(6-12-2)10-5-4-8(10)9(11)13-3/h7-8H,4-6H2,1-3H3. The average molecular weight is 187 g/mol. The topological polar surface area (TPSA) is 38.8 Å². The number of ether oxygens (including phenoxy) is 2. The molecular weight excluding hydrogens is 170 g/mol. The highest BCUT2D eigenvalue weighted by atomic mass is 16.5. The van der Waals surface area contributed by atoms with Gasteiger partial charge in [-0.25, -0.2) is 0 Å². The zero-order valence-electron chi connectivity index (χ0n) is 8.45. The van der Waals surface area contributed by atoms with E-state index in [2.05, 4.69) is 11.8 Å². The molecule has 76 valence electrons. The maximum Gasteiger partial charge on any atom is 0.323 e. The molecule has 0 aromatic rings. The lowest BCUT2D eigenvalue weighted by molar-refractivity contribution is -0.154. The summed E-state index contributed by atoms with van der Waals surface area (Å²) in [5, 5.41) is 0. The van der Waals surface area contributed by atoms with Crippen LogP contribution in [0.2, 0.25) is 0 Å². The molecule has 0 spiro atoms. The van der Waals surface area contributed by atoms with Crippen LogP contribution in [0.3, 0.4) is 0 Å². The number of nitrogens with zero attached hydrogens (tertiary/aromatic N) is 1. The Hall–Kier alpha value is -0.610. The molecule has 0 N–H and O–H groups in total. The van der Waals surface area contributed by atoms with Crippen molar-refractivity contribution in [1.82, 2.24) is 4.90 Å². The van der Waals surface area contributed by atoms with Gasteiger partial charge in [0, 0.05) is 19.7 Å². The fourth-order valence-electron chi connectivity index (χ4n) is 1.66. The molecule has 1 rings (SSSR count). The van der Waals surface area contributed by atoms with E-state index in [1.807, 2.05) is 0 Å². The van der Waals surface area contributed by atoms with Crippen LogP contribution < -0.4 is 0 Å². The Kier molecular flexibility index (Phi) is 3.69. The van der Waals surface area contributed by atoms with E-state index >= 15 is 0 Å². The summed E-state index contributed by atoms with van der Waals surface area (Å²) in [5.41, 5.74) is 0. The van der Waals surface area contributed by atoms with E-state index in [0.717, 1.165) is 13.0 Å². The monoisotopic (exact) mass is 187 g/mol. The first-order valence-electron chi connectivity index (χ1n) is 4.53. The zero-order valence-corrected chi connectivity index (χ0v) is 8.45. The van der Waals surface area contributed by atoms with Gasteiger partial charge in [-0.3, -0.25) is 9.69 Å². The molecule has 0 bridgehead atoms. The van der Waals surface area contributed by atoms with E-state index in [0.29, 0.717) is 12.6 Å². The van der Waals surface area contributed by atoms with Gasteiger partial charge >= 0.3 is 5.97 Å². The second-order valence-corrected chi connectivity index (χ2v) is 3.37. The molecule has 0 radical (unpaired) electrons. The van der Waals surface area contributed by atoms with Crippen LogP contribution >= 0.6 is 0 Å². The highest BCUT2D eigenvalue weighted by Crippen LogP contribution is 2.21. The summed E-state index contributed by atoms with van der Waals surface area (Å²) in [4.78, 5) is 13.3. The van der Waals surface area contributed by atoms with Crippen LogP contribution in [0.1, 0.15) is 13.3 Å². The summed E-state index contributed by atoms with van der Waals surface area (Å²) in [6, 6.07) is 0.248. The van der Waals surface area contributed by atoms with Gasteiger partial charge in [0.15, 0.2) is 0 Å². The van der Waals surface area contributed by atoms with Gasteiger partial charge in [-0.1, -0.05) is 0 Å². The van der Waals surface area contributed by atoms with Gasteiger partial charge in [-0.15, -0.1) is 0 Å². The minimum atomic E-state index is -0.130. The summed E-state index contributed by atoms with van der Waals surface area (Å²) in [7, 11) is 3.10.